The van der Waals surface area contributed by atoms with Crippen LogP contribution in [0.2, 0.25) is 0 Å². The number of rotatable bonds is 7. The highest BCUT2D eigenvalue weighted by molar-refractivity contribution is 5.87. The van der Waals surface area contributed by atoms with Gasteiger partial charge >= 0.3 is 5.97 Å². The Kier molecular flexibility index (Phi) is 5.37. The summed E-state index contributed by atoms with van der Waals surface area (Å²) in [5.41, 5.74) is 1.49. The molecule has 21 heavy (non-hydrogen) atoms. The van der Waals surface area contributed by atoms with Crippen LogP contribution in [0.4, 0.5) is 0 Å². The third-order valence-electron chi connectivity index (χ3n) is 2.91. The van der Waals surface area contributed by atoms with Crippen molar-refractivity contribution >= 4 is 5.97 Å². The Morgan fingerprint density at radius 1 is 1.24 bits per heavy atom. The van der Waals surface area contributed by atoms with Crippen molar-refractivity contribution in [2.75, 3.05) is 6.61 Å². The van der Waals surface area contributed by atoms with Crippen LogP contribution in [-0.2, 0) is 17.9 Å². The average Bonchev–Trinajstić information content (AvgIpc) is 2.90. The maximum atomic E-state index is 11.9. The summed E-state index contributed by atoms with van der Waals surface area (Å²) in [5.74, 6) is 0.0726. The molecule has 0 aliphatic rings. The Balaban J connectivity index is 2.09. The fraction of sp³-hybridized carbons (Fsp3) is 0.375. The standard InChI is InChI=1S/C16H20N2O3/c1-3-10-18-14(16(19)20-4-2)11-15(17-18)21-12-13-8-6-5-7-9-13/h5-9,11H,3-4,10,12H2,1-2H3. The smallest absolute Gasteiger partial charge is 0.356 e. The molecule has 0 bridgehead atoms. The van der Waals surface area contributed by atoms with Gasteiger partial charge in [-0.05, 0) is 18.9 Å². The molecule has 5 heteroatoms. The van der Waals surface area contributed by atoms with E-state index in [0.717, 1.165) is 12.0 Å². The molecule has 1 aromatic carbocycles. The Morgan fingerprint density at radius 2 is 2.00 bits per heavy atom. The first kappa shape index (κ1) is 15.1. The first-order valence-electron chi connectivity index (χ1n) is 7.16. The fourth-order valence-electron chi connectivity index (χ4n) is 1.95. The number of hydrogen-bond acceptors (Lipinski definition) is 4. The minimum absolute atomic E-state index is 0.344. The van der Waals surface area contributed by atoms with Gasteiger partial charge < -0.3 is 9.47 Å². The molecule has 0 aliphatic carbocycles. The molecule has 0 N–H and O–H groups in total. The minimum Gasteiger partial charge on any atom is -0.472 e. The van der Waals surface area contributed by atoms with Gasteiger partial charge in [0.15, 0.2) is 0 Å². The van der Waals surface area contributed by atoms with E-state index in [9.17, 15) is 4.79 Å². The van der Waals surface area contributed by atoms with Gasteiger partial charge in [-0.2, -0.15) is 0 Å². The van der Waals surface area contributed by atoms with Crippen LogP contribution < -0.4 is 4.74 Å². The van der Waals surface area contributed by atoms with Gasteiger partial charge in [-0.3, -0.25) is 4.68 Å². The van der Waals surface area contributed by atoms with E-state index in [1.165, 1.54) is 0 Å². The lowest BCUT2D eigenvalue weighted by molar-refractivity contribution is 0.0511. The minimum atomic E-state index is -0.368. The van der Waals surface area contributed by atoms with Crippen LogP contribution in [0.25, 0.3) is 0 Å². The van der Waals surface area contributed by atoms with Crippen LogP contribution >= 0.6 is 0 Å². The Hall–Kier alpha value is -2.30. The van der Waals surface area contributed by atoms with E-state index in [1.807, 2.05) is 37.3 Å². The number of benzene rings is 1. The molecular formula is C16H20N2O3. The van der Waals surface area contributed by atoms with Crippen molar-refractivity contribution in [2.45, 2.75) is 33.4 Å². The number of nitrogens with zero attached hydrogens (tertiary/aromatic N) is 2. The molecule has 0 aliphatic heterocycles. The third kappa shape index (κ3) is 4.08. The quantitative estimate of drug-likeness (QED) is 0.735. The molecule has 0 radical (unpaired) electrons. The molecule has 0 amide bonds. The number of ether oxygens (including phenoxy) is 2. The van der Waals surface area contributed by atoms with E-state index in [-0.39, 0.29) is 5.97 Å². The topological polar surface area (TPSA) is 53.4 Å². The number of carbonyl (C=O) groups is 1. The zero-order valence-electron chi connectivity index (χ0n) is 12.4. The van der Waals surface area contributed by atoms with Crippen molar-refractivity contribution in [1.29, 1.82) is 0 Å². The van der Waals surface area contributed by atoms with Gasteiger partial charge in [0.25, 0.3) is 0 Å². The van der Waals surface area contributed by atoms with Crippen LogP contribution in [0, 0.1) is 0 Å². The normalized spacial score (nSPS) is 10.4. The summed E-state index contributed by atoms with van der Waals surface area (Å²) in [6.07, 6.45) is 0.881. The van der Waals surface area contributed by atoms with Crippen molar-refractivity contribution in [3.05, 3.63) is 47.7 Å². The molecule has 1 aromatic heterocycles. The number of aromatic nitrogens is 2. The van der Waals surface area contributed by atoms with E-state index >= 15 is 0 Å². The fourth-order valence-corrected chi connectivity index (χ4v) is 1.95. The predicted molar refractivity (Wildman–Crippen MR) is 79.2 cm³/mol. The lowest BCUT2D eigenvalue weighted by Crippen LogP contribution is -2.13. The van der Waals surface area contributed by atoms with Gasteiger partial charge in [0, 0.05) is 12.6 Å². The molecular weight excluding hydrogens is 268 g/mol. The Labute approximate surface area is 124 Å². The first-order chi connectivity index (χ1) is 10.2. The summed E-state index contributed by atoms with van der Waals surface area (Å²) in [7, 11) is 0. The predicted octanol–water partition coefficient (Wildman–Crippen LogP) is 3.05. The maximum absolute atomic E-state index is 11.9. The maximum Gasteiger partial charge on any atom is 0.356 e. The highest BCUT2D eigenvalue weighted by atomic mass is 16.5. The highest BCUT2D eigenvalue weighted by Crippen LogP contribution is 2.15. The van der Waals surface area contributed by atoms with E-state index in [1.54, 1.807) is 17.7 Å². The SMILES string of the molecule is CCCn1nc(OCc2ccccc2)cc1C(=O)OCC. The van der Waals surface area contributed by atoms with Gasteiger partial charge in [0.1, 0.15) is 12.3 Å². The van der Waals surface area contributed by atoms with Crippen molar-refractivity contribution < 1.29 is 14.3 Å². The molecule has 2 rings (SSSR count). The van der Waals surface area contributed by atoms with Gasteiger partial charge in [-0.1, -0.05) is 37.3 Å². The van der Waals surface area contributed by atoms with Crippen molar-refractivity contribution in [3.63, 3.8) is 0 Å². The molecule has 112 valence electrons. The lowest BCUT2D eigenvalue weighted by Gasteiger charge is -2.04. The molecule has 5 nitrogen and oxygen atoms in total. The summed E-state index contributed by atoms with van der Waals surface area (Å²) < 4.78 is 12.3. The van der Waals surface area contributed by atoms with Gasteiger partial charge in [0.2, 0.25) is 5.88 Å². The van der Waals surface area contributed by atoms with Crippen LogP contribution in [0.1, 0.15) is 36.3 Å². The van der Waals surface area contributed by atoms with E-state index < -0.39 is 0 Å². The summed E-state index contributed by atoms with van der Waals surface area (Å²) in [6, 6.07) is 11.5. The zero-order valence-corrected chi connectivity index (χ0v) is 12.4. The first-order valence-corrected chi connectivity index (χ1v) is 7.16. The lowest BCUT2D eigenvalue weighted by atomic mass is 10.2. The van der Waals surface area contributed by atoms with Crippen LogP contribution in [0.3, 0.4) is 0 Å². The number of hydrogen-bond donors (Lipinski definition) is 0. The second-order valence-electron chi connectivity index (χ2n) is 4.59. The molecule has 0 unspecified atom stereocenters. The number of aryl methyl sites for hydroxylation is 1. The molecule has 2 aromatic rings. The van der Waals surface area contributed by atoms with Crippen molar-refractivity contribution in [2.24, 2.45) is 0 Å². The van der Waals surface area contributed by atoms with Crippen LogP contribution in [-0.4, -0.2) is 22.4 Å². The summed E-state index contributed by atoms with van der Waals surface area (Å²) in [6.45, 7) is 5.23. The van der Waals surface area contributed by atoms with E-state index in [4.69, 9.17) is 9.47 Å². The highest BCUT2D eigenvalue weighted by Gasteiger charge is 2.16. The second-order valence-corrected chi connectivity index (χ2v) is 4.59. The molecule has 0 saturated heterocycles. The summed E-state index contributed by atoms with van der Waals surface area (Å²) >= 11 is 0. The summed E-state index contributed by atoms with van der Waals surface area (Å²) in [4.78, 5) is 11.9. The van der Waals surface area contributed by atoms with Crippen molar-refractivity contribution in [1.82, 2.24) is 9.78 Å². The summed E-state index contributed by atoms with van der Waals surface area (Å²) in [5, 5.41) is 4.31. The van der Waals surface area contributed by atoms with Crippen molar-refractivity contribution in [3.8, 4) is 5.88 Å². The monoisotopic (exact) mass is 288 g/mol. The Morgan fingerprint density at radius 3 is 2.67 bits per heavy atom. The molecule has 0 saturated carbocycles. The van der Waals surface area contributed by atoms with Crippen LogP contribution in [0.5, 0.6) is 5.88 Å². The number of esters is 1. The largest absolute Gasteiger partial charge is 0.472 e. The van der Waals surface area contributed by atoms with Crippen LogP contribution in [0.15, 0.2) is 36.4 Å². The third-order valence-corrected chi connectivity index (χ3v) is 2.91. The molecule has 0 fully saturated rings. The van der Waals surface area contributed by atoms with E-state index in [2.05, 4.69) is 5.10 Å². The second kappa shape index (κ2) is 7.47. The van der Waals surface area contributed by atoms with Gasteiger partial charge in [-0.25, -0.2) is 4.79 Å². The van der Waals surface area contributed by atoms with Gasteiger partial charge in [-0.15, -0.1) is 5.10 Å². The zero-order chi connectivity index (χ0) is 15.1. The average molecular weight is 288 g/mol. The molecule has 0 atom stereocenters. The molecule has 1 heterocycles. The van der Waals surface area contributed by atoms with E-state index in [0.29, 0.717) is 31.3 Å². The molecule has 0 spiro atoms. The number of carbonyl (C=O) groups excluding carboxylic acids is 1. The van der Waals surface area contributed by atoms with Gasteiger partial charge in [0.05, 0.1) is 6.61 Å². The Bertz CT molecular complexity index is 578.